The first-order valence-corrected chi connectivity index (χ1v) is 34.3. The molecule has 15 nitrogen and oxygen atoms in total. The van der Waals surface area contributed by atoms with Crippen LogP contribution in [0, 0.1) is 23.6 Å². The highest BCUT2D eigenvalue weighted by molar-refractivity contribution is 9.10. The van der Waals surface area contributed by atoms with E-state index in [2.05, 4.69) is 77.4 Å². The predicted octanol–water partition coefficient (Wildman–Crippen LogP) is 13.9. The molecular weight excluding hydrogens is 1250 g/mol. The van der Waals surface area contributed by atoms with Gasteiger partial charge < -0.3 is 36.2 Å². The van der Waals surface area contributed by atoms with Crippen molar-refractivity contribution in [1.29, 1.82) is 0 Å². The molecule has 4 aromatic heterocycles. The highest BCUT2D eigenvalue weighted by atomic mass is 79.9. The smallest absolute Gasteiger partial charge is 0.213 e. The second kappa shape index (κ2) is 26.1. The molecule has 0 amide bonds. The molecule has 0 bridgehead atoms. The molecule has 1 unspecified atom stereocenters. The Bertz CT molecular complexity index is 4140. The van der Waals surface area contributed by atoms with E-state index in [4.69, 9.17) is 22.3 Å². The summed E-state index contributed by atoms with van der Waals surface area (Å²) in [5, 5.41) is 19.5. The third-order valence-electron chi connectivity index (χ3n) is 19.5. The fourth-order valence-electron chi connectivity index (χ4n) is 13.7. The molecule has 5 aliphatic rings. The summed E-state index contributed by atoms with van der Waals surface area (Å²) < 4.78 is 56.6. The average Bonchev–Trinajstić information content (AvgIpc) is 1.51. The number of phenolic OH excluding ortho intramolecular Hbond substituents is 1. The van der Waals surface area contributed by atoms with E-state index in [-0.39, 0.29) is 57.5 Å². The third kappa shape index (κ3) is 13.2. The van der Waals surface area contributed by atoms with E-state index in [0.717, 1.165) is 161 Å². The fourth-order valence-corrected chi connectivity index (χ4v) is 15.5. The number of fused-ring (bicyclic) bond motifs is 3. The summed E-state index contributed by atoms with van der Waals surface area (Å²) in [6.07, 6.45) is 17.8. The van der Waals surface area contributed by atoms with Crippen LogP contribution in [0.3, 0.4) is 0 Å². The lowest BCUT2D eigenvalue weighted by Crippen LogP contribution is -2.45. The van der Waals surface area contributed by atoms with E-state index in [1.165, 1.54) is 24.5 Å². The number of rotatable bonds is 17. The van der Waals surface area contributed by atoms with Crippen molar-refractivity contribution >= 4 is 98.7 Å². The van der Waals surface area contributed by atoms with Gasteiger partial charge in [0.25, 0.3) is 0 Å². The van der Waals surface area contributed by atoms with Crippen molar-refractivity contribution < 1.29 is 31.9 Å². The minimum atomic E-state index is -3.62. The molecule has 1 atom stereocenters. The number of carbonyl (C=O) groups excluding carboxylic acids is 2. The molecule has 2 saturated heterocycles. The first-order chi connectivity index (χ1) is 43.1. The van der Waals surface area contributed by atoms with Crippen LogP contribution < -0.4 is 21.3 Å². The van der Waals surface area contributed by atoms with Gasteiger partial charge in [-0.1, -0.05) is 39.7 Å². The minimum absolute atomic E-state index is 0.0150. The van der Waals surface area contributed by atoms with Crippen molar-refractivity contribution in [3.63, 3.8) is 0 Å². The SMILES string of the molecule is CC(C)S(=O)(=O)c1cnc2ccc(Br)cc2c1N1CCC(C(CC(=O)C2(c3cnc4ccc(-c5cc(F)c(O)c(Cl)c5)cc4c3NC3CCN(C)CC3)CC2)N(C)C)CC1.N[C@H]1CC[C@H](Nc2c(C(=O)C3CC3)cnc3ccc(-c4ccnc(F)c4)cc23)CC1. The van der Waals surface area contributed by atoms with E-state index >= 15 is 0 Å². The van der Waals surface area contributed by atoms with Crippen molar-refractivity contribution in [1.82, 2.24) is 29.7 Å². The largest absolute Gasteiger partial charge is 0.504 e. The van der Waals surface area contributed by atoms with Crippen molar-refractivity contribution in [3.8, 4) is 28.0 Å². The van der Waals surface area contributed by atoms with Gasteiger partial charge in [0.2, 0.25) is 5.95 Å². The quantitative estimate of drug-likeness (QED) is 0.0495. The second-order valence-electron chi connectivity index (χ2n) is 26.1. The third-order valence-corrected chi connectivity index (χ3v) is 22.4. The topological polar surface area (TPSA) is 200 Å². The number of hydrogen-bond donors (Lipinski definition) is 4. The lowest BCUT2D eigenvalue weighted by Gasteiger charge is -2.40. The van der Waals surface area contributed by atoms with Gasteiger partial charge in [0.1, 0.15) is 10.7 Å². The molecule has 2 aliphatic heterocycles. The number of piperidine rings is 2. The number of anilines is 3. The first-order valence-electron chi connectivity index (χ1n) is 31.6. The fraction of sp³-hybridized carbons (Fsp3) is 0.429. The Kier molecular flexibility index (Phi) is 18.4. The minimum Gasteiger partial charge on any atom is -0.504 e. The van der Waals surface area contributed by atoms with Gasteiger partial charge in [-0.05, 0) is 214 Å². The highest BCUT2D eigenvalue weighted by Gasteiger charge is 2.53. The number of Topliss-reactive ketones (excluding diaryl/α,β-unsaturated/α-hetero) is 2. The monoisotopic (exact) mass is 1320 g/mol. The van der Waals surface area contributed by atoms with Crippen LogP contribution >= 0.6 is 27.5 Å². The summed E-state index contributed by atoms with van der Waals surface area (Å²) in [5.74, 6) is -1.18. The average molecular weight is 1320 g/mol. The molecule has 6 heterocycles. The lowest BCUT2D eigenvalue weighted by atomic mass is 9.80. The van der Waals surface area contributed by atoms with Gasteiger partial charge in [0, 0.05) is 112 Å². The number of hydrogen-bond acceptors (Lipinski definition) is 15. The van der Waals surface area contributed by atoms with Crippen LogP contribution in [0.25, 0.3) is 55.0 Å². The number of nitrogens with two attached hydrogens (primary N) is 1. The van der Waals surface area contributed by atoms with Crippen molar-refractivity contribution in [3.05, 3.63) is 136 Å². The number of aromatic nitrogens is 4. The number of likely N-dealkylation sites (tertiary alicyclic amines) is 1. The van der Waals surface area contributed by atoms with Crippen molar-refractivity contribution in [2.75, 3.05) is 62.9 Å². The van der Waals surface area contributed by atoms with Crippen LogP contribution in [0.4, 0.5) is 25.8 Å². The number of benzene rings is 4. The summed E-state index contributed by atoms with van der Waals surface area (Å²) >= 11 is 9.81. The molecule has 90 heavy (non-hydrogen) atoms. The second-order valence-corrected chi connectivity index (χ2v) is 29.9. The van der Waals surface area contributed by atoms with E-state index in [1.807, 2.05) is 60.8 Å². The number of carbonyl (C=O) groups is 2. The number of nitrogens with one attached hydrogen (secondary N) is 2. The van der Waals surface area contributed by atoms with Gasteiger partial charge in [-0.3, -0.25) is 24.5 Å². The van der Waals surface area contributed by atoms with Crippen molar-refractivity contribution in [2.24, 2.45) is 17.6 Å². The summed E-state index contributed by atoms with van der Waals surface area (Å²) in [6.45, 7) is 6.64. The van der Waals surface area contributed by atoms with Crippen LogP contribution in [-0.4, -0.2) is 132 Å². The van der Waals surface area contributed by atoms with E-state index in [0.29, 0.717) is 36.3 Å². The molecule has 0 spiro atoms. The number of aromatic hydroxyl groups is 1. The molecule has 4 aromatic carbocycles. The predicted molar refractivity (Wildman–Crippen MR) is 359 cm³/mol. The Morgan fingerprint density at radius 2 is 1.33 bits per heavy atom. The normalized spacial score (nSPS) is 19.5. The molecule has 472 valence electrons. The van der Waals surface area contributed by atoms with Gasteiger partial charge in [0.15, 0.2) is 27.2 Å². The Morgan fingerprint density at radius 1 is 0.733 bits per heavy atom. The van der Waals surface area contributed by atoms with Gasteiger partial charge in [0.05, 0.1) is 49.2 Å². The Balaban J connectivity index is 0.000000218. The number of pyridine rings is 4. The van der Waals surface area contributed by atoms with E-state index < -0.39 is 38.0 Å². The number of halogens is 4. The zero-order chi connectivity index (χ0) is 63.3. The van der Waals surface area contributed by atoms with Gasteiger partial charge >= 0.3 is 0 Å². The molecule has 8 aromatic rings. The maximum absolute atomic E-state index is 14.9. The van der Waals surface area contributed by atoms with Crippen LogP contribution in [-0.2, 0) is 20.0 Å². The van der Waals surface area contributed by atoms with Gasteiger partial charge in [-0.25, -0.2) is 17.8 Å². The van der Waals surface area contributed by atoms with Crippen molar-refractivity contribution in [2.45, 2.75) is 137 Å². The molecule has 20 heteroatoms. The molecule has 3 aliphatic carbocycles. The van der Waals surface area contributed by atoms with Crippen LogP contribution in [0.15, 0.2) is 113 Å². The molecule has 0 radical (unpaired) electrons. The molecule has 5 N–H and O–H groups in total. The summed E-state index contributed by atoms with van der Waals surface area (Å²) in [5.41, 5.74) is 14.6. The molecule has 13 rings (SSSR count). The van der Waals surface area contributed by atoms with Crippen LogP contribution in [0.2, 0.25) is 5.02 Å². The molecular formula is C70H78BrClF2N10O5S. The highest BCUT2D eigenvalue weighted by Crippen LogP contribution is 2.54. The van der Waals surface area contributed by atoms with Crippen LogP contribution in [0.1, 0.15) is 113 Å². The number of nitrogens with zero attached hydrogens (tertiary/aromatic N) is 7. The lowest BCUT2D eigenvalue weighted by molar-refractivity contribution is -0.123. The molecule has 3 saturated carbocycles. The maximum atomic E-state index is 14.9. The maximum Gasteiger partial charge on any atom is 0.213 e. The van der Waals surface area contributed by atoms with Gasteiger partial charge in [-0.2, -0.15) is 4.39 Å². The summed E-state index contributed by atoms with van der Waals surface area (Å²) in [7, 11) is 2.62. The Hall–Kier alpha value is -6.74. The van der Waals surface area contributed by atoms with E-state index in [1.54, 1.807) is 32.2 Å². The zero-order valence-corrected chi connectivity index (χ0v) is 54.7. The number of phenols is 1. The first kappa shape index (κ1) is 63.4. The Morgan fingerprint density at radius 3 is 1.97 bits per heavy atom. The van der Waals surface area contributed by atoms with E-state index in [9.17, 15) is 31.9 Å². The number of ketones is 2. The number of sulfone groups is 1. The molecule has 5 fully saturated rings. The van der Waals surface area contributed by atoms with Gasteiger partial charge in [-0.15, -0.1) is 0 Å². The Labute approximate surface area is 538 Å². The summed E-state index contributed by atoms with van der Waals surface area (Å²) in [4.78, 5) is 52.6. The van der Waals surface area contributed by atoms with Crippen LogP contribution in [0.5, 0.6) is 5.75 Å². The standard InChI is InChI=1S/C46H53BrClFN6O4S.C24H25FN4O/c1-27(2)60(58,59)41-26-51-39-9-7-31(47)23-34(39)44(41)55-18-10-28(11-19-55)40(53(3)4)24-42(56)46(14-15-46)35-25-50-38-8-6-29(30-21-36(48)45(57)37(49)22-30)20-33(38)43(35)52-32-12-16-54(5)17-13-32;25-22-12-16(9-10-27-22)15-3-8-21-19(11-15)23(29-18-6-4-17(26)5-7-18)20(13-28-21)24(30)14-1-2-14/h6-9,20-23,25-28,32,40,57H,10-19,24H2,1-5H3,(H,50,52);3,8-14,17-18H,1-2,4-7,26H2,(H,28,29)/t;17-,18-. The summed E-state index contributed by atoms with van der Waals surface area (Å²) in [6, 6.07) is 24.2. The zero-order valence-electron chi connectivity index (χ0n) is 51.6.